The molecule has 3 rings (SSSR count). The largest absolute Gasteiger partial charge is 0.371 e. The van der Waals surface area contributed by atoms with Crippen molar-refractivity contribution in [1.82, 2.24) is 5.32 Å². The van der Waals surface area contributed by atoms with E-state index in [1.165, 1.54) is 5.39 Å². The third kappa shape index (κ3) is 2.52. The van der Waals surface area contributed by atoms with Gasteiger partial charge < -0.3 is 5.11 Å². The van der Waals surface area contributed by atoms with E-state index in [-0.39, 0.29) is 5.92 Å². The van der Waals surface area contributed by atoms with Crippen molar-refractivity contribution in [1.29, 1.82) is 0 Å². The van der Waals surface area contributed by atoms with Crippen LogP contribution in [-0.2, 0) is 5.72 Å². The molecule has 0 aliphatic heterocycles. The Morgan fingerprint density at radius 2 is 1.50 bits per heavy atom. The molecule has 2 heteroatoms. The molecule has 3 aromatic rings. The zero-order valence-electron chi connectivity index (χ0n) is 13.0. The normalized spacial score (nSPS) is 15.4. The van der Waals surface area contributed by atoms with Crippen LogP contribution in [0, 0.1) is 0 Å². The number of rotatable bonds is 4. The van der Waals surface area contributed by atoms with E-state index in [2.05, 4.69) is 29.6 Å². The Kier molecular flexibility index (Phi) is 3.97. The number of likely N-dealkylation sites (N-methyl/N-ethyl adjacent to an activating group) is 1. The Hall–Kier alpha value is -2.16. The van der Waals surface area contributed by atoms with Gasteiger partial charge in [-0.15, -0.1) is 0 Å². The second-order valence-corrected chi connectivity index (χ2v) is 5.71. The number of hydrogen-bond donors (Lipinski definition) is 2. The fraction of sp³-hybridized carbons (Fsp3) is 0.200. The highest BCUT2D eigenvalue weighted by molar-refractivity contribution is 5.83. The maximum atomic E-state index is 11.3. The van der Waals surface area contributed by atoms with E-state index in [1.54, 1.807) is 7.05 Å². The van der Waals surface area contributed by atoms with Gasteiger partial charge in [0.1, 0.15) is 5.72 Å². The van der Waals surface area contributed by atoms with Crippen LogP contribution in [0.15, 0.2) is 72.8 Å². The van der Waals surface area contributed by atoms with E-state index < -0.39 is 5.72 Å². The number of benzene rings is 3. The van der Waals surface area contributed by atoms with Crippen LogP contribution in [0.1, 0.15) is 24.0 Å². The monoisotopic (exact) mass is 291 g/mol. The molecule has 0 bridgehead atoms. The Balaban J connectivity index is 2.07. The molecule has 2 unspecified atom stereocenters. The van der Waals surface area contributed by atoms with Gasteiger partial charge in [-0.2, -0.15) is 0 Å². The number of nitrogens with one attached hydrogen (secondary N) is 1. The summed E-state index contributed by atoms with van der Waals surface area (Å²) in [4.78, 5) is 0. The fourth-order valence-corrected chi connectivity index (χ4v) is 3.02. The summed E-state index contributed by atoms with van der Waals surface area (Å²) >= 11 is 0. The SMILES string of the molecule is CNC(O)(c1ccc2ccccc2c1)C(C)c1ccccc1. The molecule has 0 radical (unpaired) electrons. The van der Waals surface area contributed by atoms with Crippen molar-refractivity contribution in [2.45, 2.75) is 18.6 Å². The highest BCUT2D eigenvalue weighted by Gasteiger charge is 2.35. The van der Waals surface area contributed by atoms with Crippen LogP contribution in [-0.4, -0.2) is 12.2 Å². The highest BCUT2D eigenvalue weighted by atomic mass is 16.3. The van der Waals surface area contributed by atoms with Gasteiger partial charge in [-0.3, -0.25) is 5.32 Å². The van der Waals surface area contributed by atoms with Gasteiger partial charge in [0.25, 0.3) is 0 Å². The van der Waals surface area contributed by atoms with E-state index in [0.29, 0.717) is 0 Å². The summed E-state index contributed by atoms with van der Waals surface area (Å²) in [7, 11) is 1.80. The van der Waals surface area contributed by atoms with Gasteiger partial charge in [0.05, 0.1) is 0 Å². The van der Waals surface area contributed by atoms with E-state index in [1.807, 2.05) is 55.5 Å². The molecule has 0 spiro atoms. The van der Waals surface area contributed by atoms with Gasteiger partial charge >= 0.3 is 0 Å². The van der Waals surface area contributed by atoms with Crippen LogP contribution in [0.3, 0.4) is 0 Å². The molecule has 2 atom stereocenters. The van der Waals surface area contributed by atoms with Crippen molar-refractivity contribution in [3.63, 3.8) is 0 Å². The predicted molar refractivity (Wildman–Crippen MR) is 91.8 cm³/mol. The van der Waals surface area contributed by atoms with Crippen LogP contribution >= 0.6 is 0 Å². The Morgan fingerprint density at radius 1 is 0.864 bits per heavy atom. The molecule has 0 aliphatic carbocycles. The third-order valence-corrected chi connectivity index (χ3v) is 4.50. The Morgan fingerprint density at radius 3 is 2.18 bits per heavy atom. The first kappa shape index (κ1) is 14.8. The minimum Gasteiger partial charge on any atom is -0.371 e. The van der Waals surface area contributed by atoms with Gasteiger partial charge in [0.15, 0.2) is 0 Å². The van der Waals surface area contributed by atoms with E-state index in [0.717, 1.165) is 16.5 Å². The van der Waals surface area contributed by atoms with Gasteiger partial charge in [-0.25, -0.2) is 0 Å². The summed E-state index contributed by atoms with van der Waals surface area (Å²) in [5.41, 5.74) is 0.878. The summed E-state index contributed by atoms with van der Waals surface area (Å²) in [6.07, 6.45) is 0. The Labute approximate surface area is 131 Å². The van der Waals surface area contributed by atoms with Gasteiger partial charge in [-0.1, -0.05) is 73.7 Å². The van der Waals surface area contributed by atoms with Gasteiger partial charge in [-0.05, 0) is 35.0 Å². The smallest absolute Gasteiger partial charge is 0.148 e. The van der Waals surface area contributed by atoms with Crippen LogP contribution in [0.2, 0.25) is 0 Å². The molecule has 0 amide bonds. The highest BCUT2D eigenvalue weighted by Crippen LogP contribution is 2.35. The minimum atomic E-state index is -1.11. The van der Waals surface area contributed by atoms with Gasteiger partial charge in [0, 0.05) is 5.92 Å². The molecule has 0 saturated heterocycles. The third-order valence-electron chi connectivity index (χ3n) is 4.50. The molecule has 2 N–H and O–H groups in total. The fourth-order valence-electron chi connectivity index (χ4n) is 3.02. The standard InChI is InChI=1S/C20H21NO/c1-15(16-8-4-3-5-9-16)20(22,21-2)19-13-12-17-10-6-7-11-18(17)14-19/h3-15,21-22H,1-2H3. The molecule has 22 heavy (non-hydrogen) atoms. The molecule has 2 nitrogen and oxygen atoms in total. The summed E-state index contributed by atoms with van der Waals surface area (Å²) in [5, 5.41) is 16.7. The number of hydrogen-bond acceptors (Lipinski definition) is 2. The summed E-state index contributed by atoms with van der Waals surface area (Å²) in [6, 6.07) is 24.4. The first-order valence-electron chi connectivity index (χ1n) is 7.60. The lowest BCUT2D eigenvalue weighted by Gasteiger charge is -2.35. The van der Waals surface area contributed by atoms with Crippen molar-refractivity contribution < 1.29 is 5.11 Å². The molecule has 0 aliphatic rings. The van der Waals surface area contributed by atoms with Gasteiger partial charge in [0.2, 0.25) is 0 Å². The lowest BCUT2D eigenvalue weighted by Crippen LogP contribution is -2.44. The molecule has 0 heterocycles. The predicted octanol–water partition coefficient (Wildman–Crippen LogP) is 4.01. The van der Waals surface area contributed by atoms with Crippen molar-refractivity contribution in [3.8, 4) is 0 Å². The average Bonchev–Trinajstić information content (AvgIpc) is 2.60. The lowest BCUT2D eigenvalue weighted by molar-refractivity contribution is -0.0150. The average molecular weight is 291 g/mol. The first-order valence-corrected chi connectivity index (χ1v) is 7.60. The van der Waals surface area contributed by atoms with E-state index in [4.69, 9.17) is 0 Å². The molecular weight excluding hydrogens is 270 g/mol. The van der Waals surface area contributed by atoms with Crippen LogP contribution < -0.4 is 5.32 Å². The van der Waals surface area contributed by atoms with E-state index in [9.17, 15) is 5.11 Å². The quantitative estimate of drug-likeness (QED) is 0.712. The summed E-state index contributed by atoms with van der Waals surface area (Å²) < 4.78 is 0. The van der Waals surface area contributed by atoms with Crippen LogP contribution in [0.5, 0.6) is 0 Å². The number of fused-ring (bicyclic) bond motifs is 1. The first-order chi connectivity index (χ1) is 10.6. The van der Waals surface area contributed by atoms with Crippen molar-refractivity contribution >= 4 is 10.8 Å². The summed E-state index contributed by atoms with van der Waals surface area (Å²) in [5.74, 6) is -0.0696. The molecular formula is C20H21NO. The van der Waals surface area contributed by atoms with Crippen molar-refractivity contribution in [2.24, 2.45) is 0 Å². The van der Waals surface area contributed by atoms with Crippen molar-refractivity contribution in [2.75, 3.05) is 7.05 Å². The van der Waals surface area contributed by atoms with E-state index >= 15 is 0 Å². The zero-order chi connectivity index (χ0) is 15.6. The second kappa shape index (κ2) is 5.91. The molecule has 0 fully saturated rings. The second-order valence-electron chi connectivity index (χ2n) is 5.71. The zero-order valence-corrected chi connectivity index (χ0v) is 13.0. The molecule has 0 aromatic heterocycles. The van der Waals surface area contributed by atoms with Crippen LogP contribution in [0.4, 0.5) is 0 Å². The minimum absolute atomic E-state index is 0.0696. The lowest BCUT2D eigenvalue weighted by atomic mass is 9.84. The van der Waals surface area contributed by atoms with Crippen molar-refractivity contribution in [3.05, 3.63) is 83.9 Å². The molecule has 3 aromatic carbocycles. The Bertz CT molecular complexity index is 769. The number of aliphatic hydroxyl groups is 1. The van der Waals surface area contributed by atoms with Crippen LogP contribution in [0.25, 0.3) is 10.8 Å². The summed E-state index contributed by atoms with van der Waals surface area (Å²) in [6.45, 7) is 2.04. The maximum absolute atomic E-state index is 11.3. The molecule has 0 saturated carbocycles. The maximum Gasteiger partial charge on any atom is 0.148 e. The topological polar surface area (TPSA) is 32.3 Å². The molecule has 112 valence electrons.